The number of halogens is 3. The molecular formula is C11H14F3NS. The van der Waals surface area contributed by atoms with Gasteiger partial charge in [0.15, 0.2) is 0 Å². The summed E-state index contributed by atoms with van der Waals surface area (Å²) >= 11 is 0.897. The van der Waals surface area contributed by atoms with Crippen LogP contribution >= 0.6 is 11.3 Å². The Kier molecular flexibility index (Phi) is 3.01. The van der Waals surface area contributed by atoms with Crippen molar-refractivity contribution in [3.8, 4) is 0 Å². The van der Waals surface area contributed by atoms with Crippen LogP contribution in [0.4, 0.5) is 13.2 Å². The summed E-state index contributed by atoms with van der Waals surface area (Å²) in [5, 5.41) is 3.14. The quantitative estimate of drug-likeness (QED) is 0.806. The van der Waals surface area contributed by atoms with Crippen LogP contribution in [0.1, 0.15) is 27.3 Å². The Bertz CT molecular complexity index is 395. The van der Waals surface area contributed by atoms with E-state index >= 15 is 0 Å². The molecule has 1 aliphatic carbocycles. The summed E-state index contributed by atoms with van der Waals surface area (Å²) in [4.78, 5) is 0.442. The van der Waals surface area contributed by atoms with E-state index in [-0.39, 0.29) is 4.88 Å². The maximum absolute atomic E-state index is 12.8. The number of rotatable bonds is 1. The van der Waals surface area contributed by atoms with E-state index in [4.69, 9.17) is 0 Å². The van der Waals surface area contributed by atoms with Crippen LogP contribution in [0.3, 0.4) is 0 Å². The van der Waals surface area contributed by atoms with E-state index in [1.165, 1.54) is 0 Å². The second-order valence-corrected chi connectivity index (χ2v) is 5.40. The Morgan fingerprint density at radius 1 is 1.31 bits per heavy atom. The second-order valence-electron chi connectivity index (χ2n) is 4.17. The molecule has 90 valence electrons. The van der Waals surface area contributed by atoms with E-state index in [1.807, 2.05) is 7.05 Å². The van der Waals surface area contributed by atoms with Gasteiger partial charge in [-0.3, -0.25) is 0 Å². The fraction of sp³-hybridized carbons (Fsp3) is 0.636. The zero-order valence-electron chi connectivity index (χ0n) is 9.24. The lowest BCUT2D eigenvalue weighted by Crippen LogP contribution is -2.31. The van der Waals surface area contributed by atoms with Crippen molar-refractivity contribution in [2.24, 2.45) is 0 Å². The Balaban J connectivity index is 2.41. The maximum atomic E-state index is 12.8. The largest absolute Gasteiger partial charge is 0.425 e. The van der Waals surface area contributed by atoms with E-state index in [0.717, 1.165) is 34.6 Å². The third kappa shape index (κ3) is 1.98. The molecule has 1 unspecified atom stereocenters. The first-order valence-electron chi connectivity index (χ1n) is 5.29. The molecule has 1 N–H and O–H groups in total. The summed E-state index contributed by atoms with van der Waals surface area (Å²) in [6.45, 7) is 1.79. The van der Waals surface area contributed by atoms with Crippen molar-refractivity contribution in [2.45, 2.75) is 38.4 Å². The topological polar surface area (TPSA) is 12.0 Å². The minimum Gasteiger partial charge on any atom is -0.317 e. The van der Waals surface area contributed by atoms with Gasteiger partial charge in [0.25, 0.3) is 0 Å². The van der Waals surface area contributed by atoms with Crippen LogP contribution in [0.2, 0.25) is 0 Å². The monoisotopic (exact) mass is 249 g/mol. The van der Waals surface area contributed by atoms with E-state index < -0.39 is 6.18 Å². The van der Waals surface area contributed by atoms with Crippen LogP contribution in [0, 0.1) is 6.92 Å². The van der Waals surface area contributed by atoms with Gasteiger partial charge in [-0.05, 0) is 44.4 Å². The number of alkyl halides is 3. The molecule has 0 fully saturated rings. The SMILES string of the molecule is CNC1CCc2c(C(F)(F)F)sc(C)c2C1. The van der Waals surface area contributed by atoms with Gasteiger partial charge in [0.2, 0.25) is 0 Å². The second kappa shape index (κ2) is 4.04. The van der Waals surface area contributed by atoms with E-state index in [0.29, 0.717) is 18.0 Å². The van der Waals surface area contributed by atoms with Crippen molar-refractivity contribution in [1.82, 2.24) is 5.32 Å². The van der Waals surface area contributed by atoms with E-state index in [2.05, 4.69) is 5.32 Å². The Morgan fingerprint density at radius 2 is 2.00 bits per heavy atom. The zero-order chi connectivity index (χ0) is 11.9. The fourth-order valence-corrected chi connectivity index (χ4v) is 3.40. The van der Waals surface area contributed by atoms with Crippen LogP contribution in [0.15, 0.2) is 0 Å². The average molecular weight is 249 g/mol. The molecule has 0 radical (unpaired) electrons. The van der Waals surface area contributed by atoms with Crippen LogP contribution in [-0.2, 0) is 19.0 Å². The summed E-state index contributed by atoms with van der Waals surface area (Å²) < 4.78 is 38.3. The summed E-state index contributed by atoms with van der Waals surface area (Å²) in [7, 11) is 1.86. The van der Waals surface area contributed by atoms with Gasteiger partial charge >= 0.3 is 6.18 Å². The van der Waals surface area contributed by atoms with Crippen LogP contribution < -0.4 is 5.32 Å². The molecule has 0 spiro atoms. The molecular weight excluding hydrogens is 235 g/mol. The summed E-state index contributed by atoms with van der Waals surface area (Å²) in [6, 6.07) is 0.321. The highest BCUT2D eigenvalue weighted by molar-refractivity contribution is 7.12. The minimum absolute atomic E-state index is 0.321. The Morgan fingerprint density at radius 3 is 2.56 bits per heavy atom. The molecule has 1 atom stereocenters. The van der Waals surface area contributed by atoms with Gasteiger partial charge in [0.05, 0.1) is 0 Å². The molecule has 0 saturated carbocycles. The number of fused-ring (bicyclic) bond motifs is 1. The highest BCUT2D eigenvalue weighted by Gasteiger charge is 2.38. The molecule has 5 heteroatoms. The van der Waals surface area contributed by atoms with Crippen LogP contribution in [0.5, 0.6) is 0 Å². The minimum atomic E-state index is -4.19. The third-order valence-electron chi connectivity index (χ3n) is 3.18. The fourth-order valence-electron chi connectivity index (χ4n) is 2.30. The molecule has 0 bridgehead atoms. The van der Waals surface area contributed by atoms with Crippen LogP contribution in [0.25, 0.3) is 0 Å². The lowest BCUT2D eigenvalue weighted by molar-refractivity contribution is -0.135. The molecule has 0 aliphatic heterocycles. The van der Waals surface area contributed by atoms with Gasteiger partial charge in [0.1, 0.15) is 4.88 Å². The Labute approximate surface area is 96.7 Å². The first-order chi connectivity index (χ1) is 7.43. The van der Waals surface area contributed by atoms with E-state index in [1.54, 1.807) is 6.92 Å². The molecule has 1 aromatic heterocycles. The molecule has 2 rings (SSSR count). The molecule has 0 amide bonds. The summed E-state index contributed by atoms with van der Waals surface area (Å²) in [5.74, 6) is 0. The number of nitrogens with one attached hydrogen (secondary N) is 1. The number of hydrogen-bond acceptors (Lipinski definition) is 2. The average Bonchev–Trinajstić information content (AvgIpc) is 2.55. The van der Waals surface area contributed by atoms with Gasteiger partial charge in [-0.25, -0.2) is 0 Å². The van der Waals surface area contributed by atoms with Crippen molar-refractivity contribution < 1.29 is 13.2 Å². The van der Waals surface area contributed by atoms with Crippen molar-refractivity contribution in [3.05, 3.63) is 20.9 Å². The summed E-state index contributed by atoms with van der Waals surface area (Å²) in [6.07, 6.45) is -2.12. The molecule has 0 aromatic carbocycles. The number of likely N-dealkylation sites (N-methyl/N-ethyl adjacent to an activating group) is 1. The molecule has 1 heterocycles. The van der Waals surface area contributed by atoms with Gasteiger partial charge in [-0.2, -0.15) is 13.2 Å². The van der Waals surface area contributed by atoms with E-state index in [9.17, 15) is 13.2 Å². The molecule has 16 heavy (non-hydrogen) atoms. The number of thiophene rings is 1. The van der Waals surface area contributed by atoms with Gasteiger partial charge in [-0.1, -0.05) is 0 Å². The standard InChI is InChI=1S/C11H14F3NS/c1-6-9-5-7(15-2)3-4-8(9)10(16-6)11(12,13)14/h7,15H,3-5H2,1-2H3. The lowest BCUT2D eigenvalue weighted by Gasteiger charge is -2.23. The lowest BCUT2D eigenvalue weighted by atomic mass is 9.88. The first kappa shape index (κ1) is 11.9. The first-order valence-corrected chi connectivity index (χ1v) is 6.10. The zero-order valence-corrected chi connectivity index (χ0v) is 10.1. The van der Waals surface area contributed by atoms with Gasteiger partial charge in [0, 0.05) is 10.9 Å². The van der Waals surface area contributed by atoms with Gasteiger partial charge < -0.3 is 5.32 Å². The predicted octanol–water partition coefficient (Wildman–Crippen LogP) is 3.15. The highest BCUT2D eigenvalue weighted by Crippen LogP contribution is 2.43. The predicted molar refractivity (Wildman–Crippen MR) is 58.9 cm³/mol. The summed E-state index contributed by atoms with van der Waals surface area (Å²) in [5.41, 5.74) is 1.46. The number of hydrogen-bond donors (Lipinski definition) is 1. The van der Waals surface area contributed by atoms with Crippen molar-refractivity contribution in [3.63, 3.8) is 0 Å². The van der Waals surface area contributed by atoms with Crippen LogP contribution in [-0.4, -0.2) is 13.1 Å². The Hall–Kier alpha value is -0.550. The van der Waals surface area contributed by atoms with Gasteiger partial charge in [-0.15, -0.1) is 11.3 Å². The maximum Gasteiger partial charge on any atom is 0.425 e. The van der Waals surface area contributed by atoms with Crippen molar-refractivity contribution in [1.29, 1.82) is 0 Å². The van der Waals surface area contributed by atoms with Crippen molar-refractivity contribution in [2.75, 3.05) is 7.05 Å². The third-order valence-corrected chi connectivity index (χ3v) is 4.41. The highest BCUT2D eigenvalue weighted by atomic mass is 32.1. The molecule has 1 aromatic rings. The normalized spacial score (nSPS) is 20.9. The molecule has 1 aliphatic rings. The molecule has 1 nitrogen and oxygen atoms in total. The number of aryl methyl sites for hydroxylation is 1. The molecule has 0 saturated heterocycles. The smallest absolute Gasteiger partial charge is 0.317 e. The van der Waals surface area contributed by atoms with Crippen molar-refractivity contribution >= 4 is 11.3 Å².